The second-order valence-corrected chi connectivity index (χ2v) is 14.9. The number of hydrogen-bond donors (Lipinski definition) is 4. The highest BCUT2D eigenvalue weighted by atomic mass is 16.2. The predicted molar refractivity (Wildman–Crippen MR) is 162 cm³/mol. The van der Waals surface area contributed by atoms with Crippen LogP contribution >= 0.6 is 0 Å². The topological polar surface area (TPSA) is 151 Å². The van der Waals surface area contributed by atoms with E-state index in [0.29, 0.717) is 56.4 Å². The number of benzene rings is 1. The van der Waals surface area contributed by atoms with Crippen molar-refractivity contribution in [2.75, 3.05) is 6.54 Å². The summed E-state index contributed by atoms with van der Waals surface area (Å²) in [6.07, 6.45) is 11.6. The number of carbonyl (C=O) groups is 5. The van der Waals surface area contributed by atoms with Gasteiger partial charge in [0.2, 0.25) is 17.6 Å². The smallest absolute Gasteiger partial charge is 0.315 e. The Labute approximate surface area is 258 Å². The van der Waals surface area contributed by atoms with Crippen LogP contribution in [0, 0.1) is 29.6 Å². The van der Waals surface area contributed by atoms with Crippen LogP contribution < -0.4 is 21.7 Å². The number of carbonyl (C=O) groups excluding carboxylic acids is 5. The van der Waals surface area contributed by atoms with Crippen molar-refractivity contribution in [2.45, 2.75) is 107 Å². The molecule has 236 valence electrons. The largest absolute Gasteiger partial charge is 0.363 e. The van der Waals surface area contributed by atoms with Crippen LogP contribution in [0.1, 0.15) is 81.8 Å². The summed E-state index contributed by atoms with van der Waals surface area (Å²) in [5.41, 5.74) is 7.46. The standard InChI is InChI=1S/C34H45N5O5/c35-30(41)29(40)26(13-19-7-8-19)36-31(42)27-6-3-9-39(27)32(43)28(25-14-23-4-1-2-5-24(23)15-25)37-33(44)38-34-16-20-10-21(17-34)12-22(11-20)18-34/h1-2,4-5,19-22,25-28H,3,6-18H2,(H2,35,41)(H,36,42)(H2,37,38,44)/t20?,21?,22?,26?,27-,28-,34?/m0/s1. The minimum absolute atomic E-state index is 0.134. The maximum absolute atomic E-state index is 14.4. The van der Waals surface area contributed by atoms with E-state index < -0.39 is 35.7 Å². The van der Waals surface area contributed by atoms with Crippen molar-refractivity contribution < 1.29 is 24.0 Å². The van der Waals surface area contributed by atoms with Gasteiger partial charge in [0.05, 0.1) is 6.04 Å². The van der Waals surface area contributed by atoms with Gasteiger partial charge in [0, 0.05) is 12.1 Å². The lowest BCUT2D eigenvalue weighted by molar-refractivity contribution is -0.142. The Kier molecular flexibility index (Phi) is 7.65. The lowest BCUT2D eigenvalue weighted by atomic mass is 9.53. The number of urea groups is 1. The Balaban J connectivity index is 1.08. The van der Waals surface area contributed by atoms with E-state index in [4.69, 9.17) is 5.73 Å². The van der Waals surface area contributed by atoms with E-state index in [2.05, 4.69) is 28.1 Å². The number of nitrogens with one attached hydrogen (secondary N) is 3. The quantitative estimate of drug-likeness (QED) is 0.303. The van der Waals surface area contributed by atoms with Crippen LogP contribution in [0.5, 0.6) is 0 Å². The van der Waals surface area contributed by atoms with Crippen molar-refractivity contribution in [3.05, 3.63) is 35.4 Å². The molecule has 44 heavy (non-hydrogen) atoms. The second kappa shape index (κ2) is 11.5. The third kappa shape index (κ3) is 5.84. The molecule has 8 rings (SSSR count). The van der Waals surface area contributed by atoms with Gasteiger partial charge in [0.25, 0.3) is 5.91 Å². The Morgan fingerprint density at radius 3 is 2.07 bits per heavy atom. The number of fused-ring (bicyclic) bond motifs is 1. The highest BCUT2D eigenvalue weighted by molar-refractivity contribution is 6.37. The first-order chi connectivity index (χ1) is 21.2. The molecule has 1 aromatic carbocycles. The molecule has 6 fully saturated rings. The van der Waals surface area contributed by atoms with Gasteiger partial charge in [-0.2, -0.15) is 0 Å². The van der Waals surface area contributed by atoms with Gasteiger partial charge in [0.1, 0.15) is 12.1 Å². The molecule has 5 saturated carbocycles. The van der Waals surface area contributed by atoms with Crippen molar-refractivity contribution >= 4 is 29.5 Å². The number of rotatable bonds is 10. The number of nitrogens with two attached hydrogens (primary N) is 1. The summed E-state index contributed by atoms with van der Waals surface area (Å²) in [6, 6.07) is 5.31. The zero-order valence-corrected chi connectivity index (χ0v) is 25.4. The first kappa shape index (κ1) is 29.3. The molecule has 0 aromatic heterocycles. The maximum Gasteiger partial charge on any atom is 0.315 e. The Hall–Kier alpha value is -3.43. The van der Waals surface area contributed by atoms with E-state index in [9.17, 15) is 24.0 Å². The fourth-order valence-electron chi connectivity index (χ4n) is 9.73. The molecule has 1 unspecified atom stereocenters. The summed E-state index contributed by atoms with van der Waals surface area (Å²) >= 11 is 0. The maximum atomic E-state index is 14.4. The van der Waals surface area contributed by atoms with Crippen molar-refractivity contribution in [1.82, 2.24) is 20.9 Å². The van der Waals surface area contributed by atoms with Gasteiger partial charge in [-0.15, -0.1) is 0 Å². The fourth-order valence-corrected chi connectivity index (χ4v) is 9.73. The van der Waals surface area contributed by atoms with Crippen LogP contribution in [0.4, 0.5) is 4.79 Å². The van der Waals surface area contributed by atoms with Crippen molar-refractivity contribution in [2.24, 2.45) is 35.3 Å². The predicted octanol–water partition coefficient (Wildman–Crippen LogP) is 2.37. The number of amides is 5. The van der Waals surface area contributed by atoms with Gasteiger partial charge in [-0.05, 0) is 111 Å². The number of nitrogens with zero attached hydrogens (tertiary/aromatic N) is 1. The van der Waals surface area contributed by atoms with Crippen molar-refractivity contribution in [1.29, 1.82) is 0 Å². The molecule has 1 aliphatic heterocycles. The normalized spacial score (nSPS) is 31.7. The Morgan fingerprint density at radius 2 is 1.50 bits per heavy atom. The number of Topliss-reactive ketones (excluding diaryl/α,β-unsaturated/α-hetero) is 1. The van der Waals surface area contributed by atoms with Crippen LogP contribution in [0.2, 0.25) is 0 Å². The van der Waals surface area contributed by atoms with Gasteiger partial charge >= 0.3 is 6.03 Å². The minimum Gasteiger partial charge on any atom is -0.363 e. The number of ketones is 1. The van der Waals surface area contributed by atoms with Crippen LogP contribution in [-0.4, -0.2) is 64.6 Å². The summed E-state index contributed by atoms with van der Waals surface area (Å²) in [4.78, 5) is 67.5. The highest BCUT2D eigenvalue weighted by Gasteiger charge is 2.52. The van der Waals surface area contributed by atoms with E-state index in [0.717, 1.165) is 32.1 Å². The summed E-state index contributed by atoms with van der Waals surface area (Å²) in [5.74, 6) is -0.382. The van der Waals surface area contributed by atoms with E-state index in [1.165, 1.54) is 30.4 Å². The lowest BCUT2D eigenvalue weighted by Gasteiger charge is -2.56. The third-order valence-corrected chi connectivity index (χ3v) is 11.5. The Morgan fingerprint density at radius 1 is 0.886 bits per heavy atom. The molecule has 7 aliphatic rings. The van der Waals surface area contributed by atoms with Crippen molar-refractivity contribution in [3.8, 4) is 0 Å². The van der Waals surface area contributed by atoms with Gasteiger partial charge in [-0.3, -0.25) is 19.2 Å². The summed E-state index contributed by atoms with van der Waals surface area (Å²) in [6.45, 7) is 0.391. The minimum atomic E-state index is -1.06. The molecule has 1 heterocycles. The van der Waals surface area contributed by atoms with Crippen LogP contribution in [-0.2, 0) is 32.0 Å². The zero-order valence-electron chi connectivity index (χ0n) is 25.4. The molecule has 3 atom stereocenters. The summed E-state index contributed by atoms with van der Waals surface area (Å²) < 4.78 is 0. The fraction of sp³-hybridized carbons (Fsp3) is 0.676. The van der Waals surface area contributed by atoms with E-state index in [1.807, 2.05) is 12.1 Å². The van der Waals surface area contributed by atoms with Crippen LogP contribution in [0.25, 0.3) is 0 Å². The molecule has 5 amide bonds. The molecule has 6 aliphatic carbocycles. The molecule has 0 radical (unpaired) electrons. The van der Waals surface area contributed by atoms with E-state index >= 15 is 0 Å². The zero-order chi connectivity index (χ0) is 30.6. The second-order valence-electron chi connectivity index (χ2n) is 14.9. The number of primary amides is 1. The highest BCUT2D eigenvalue weighted by Crippen LogP contribution is 2.55. The third-order valence-electron chi connectivity index (χ3n) is 11.5. The van der Waals surface area contributed by atoms with Gasteiger partial charge in [0.15, 0.2) is 0 Å². The van der Waals surface area contributed by atoms with Gasteiger partial charge in [-0.1, -0.05) is 37.1 Å². The molecule has 10 nitrogen and oxygen atoms in total. The van der Waals surface area contributed by atoms with Crippen molar-refractivity contribution in [3.63, 3.8) is 0 Å². The molecule has 10 heteroatoms. The molecule has 5 N–H and O–H groups in total. The molecular formula is C34H45N5O5. The van der Waals surface area contributed by atoms with Gasteiger partial charge < -0.3 is 26.6 Å². The molecule has 0 spiro atoms. The average Bonchev–Trinajstić information content (AvgIpc) is 3.47. The first-order valence-electron chi connectivity index (χ1n) is 16.8. The molecule has 1 aromatic rings. The summed E-state index contributed by atoms with van der Waals surface area (Å²) in [7, 11) is 0. The molecule has 4 bridgehead atoms. The average molecular weight is 604 g/mol. The summed E-state index contributed by atoms with van der Waals surface area (Å²) in [5, 5.41) is 9.26. The lowest BCUT2D eigenvalue weighted by Crippen LogP contribution is -2.64. The monoisotopic (exact) mass is 603 g/mol. The van der Waals surface area contributed by atoms with E-state index in [-0.39, 0.29) is 29.3 Å². The van der Waals surface area contributed by atoms with Gasteiger partial charge in [-0.25, -0.2) is 4.79 Å². The van der Waals surface area contributed by atoms with Crippen LogP contribution in [0.15, 0.2) is 24.3 Å². The number of hydrogen-bond acceptors (Lipinski definition) is 5. The molecular weight excluding hydrogens is 558 g/mol. The number of likely N-dealkylation sites (tertiary alicyclic amines) is 1. The SMILES string of the molecule is NC(=O)C(=O)C(CC1CC1)NC(=O)[C@@H]1CCCN1C(=O)[C@@H](NC(=O)NC12CC3CC(CC(C3)C1)C2)C1Cc2ccccc2C1. The van der Waals surface area contributed by atoms with E-state index in [1.54, 1.807) is 4.90 Å². The Bertz CT molecular complexity index is 1300. The van der Waals surface area contributed by atoms with Crippen LogP contribution in [0.3, 0.4) is 0 Å². The molecule has 1 saturated heterocycles. The first-order valence-corrected chi connectivity index (χ1v) is 16.8.